The van der Waals surface area contributed by atoms with E-state index >= 15 is 0 Å². The number of benzene rings is 1. The van der Waals surface area contributed by atoms with Crippen LogP contribution in [0.1, 0.15) is 19.3 Å². The van der Waals surface area contributed by atoms with Crippen molar-refractivity contribution in [3.63, 3.8) is 0 Å². The molecule has 1 aromatic carbocycles. The van der Waals surface area contributed by atoms with Gasteiger partial charge in [0.2, 0.25) is 0 Å². The predicted octanol–water partition coefficient (Wildman–Crippen LogP) is 4.90. The lowest BCUT2D eigenvalue weighted by Gasteiger charge is -2.19. The van der Waals surface area contributed by atoms with Crippen LogP contribution in [0.3, 0.4) is 0 Å². The van der Waals surface area contributed by atoms with Gasteiger partial charge in [0.25, 0.3) is 0 Å². The lowest BCUT2D eigenvalue weighted by atomic mass is 10.1. The van der Waals surface area contributed by atoms with Crippen molar-refractivity contribution < 1.29 is 9.47 Å². The quantitative estimate of drug-likeness (QED) is 0.443. The molecule has 0 saturated heterocycles. The molecule has 1 aliphatic rings. The van der Waals surface area contributed by atoms with Crippen molar-refractivity contribution >= 4 is 40.5 Å². The Morgan fingerprint density at radius 3 is 2.44 bits per heavy atom. The van der Waals surface area contributed by atoms with Crippen molar-refractivity contribution in [1.29, 1.82) is 0 Å². The molecule has 0 aliphatic heterocycles. The number of rotatable bonds is 7. The third-order valence-corrected chi connectivity index (χ3v) is 6.22. The third-order valence-electron chi connectivity index (χ3n) is 5.47. The molecule has 1 aliphatic carbocycles. The number of hydrogen-bond donors (Lipinski definition) is 3. The van der Waals surface area contributed by atoms with Crippen molar-refractivity contribution in [3.05, 3.63) is 46.8 Å². The van der Waals surface area contributed by atoms with Gasteiger partial charge >= 0.3 is 0 Å². The van der Waals surface area contributed by atoms with Gasteiger partial charge in [-0.2, -0.15) is 0 Å². The second kappa shape index (κ2) is 9.77. The zero-order chi connectivity index (χ0) is 22.7. The summed E-state index contributed by atoms with van der Waals surface area (Å²) in [7, 11) is 3.05. The lowest BCUT2D eigenvalue weighted by molar-refractivity contribution is 0.395. The van der Waals surface area contributed by atoms with Crippen LogP contribution in [0.25, 0.3) is 11.3 Å². The number of aromatic nitrogens is 3. The fourth-order valence-corrected chi connectivity index (χ4v) is 4.36. The average Bonchev–Trinajstić information content (AvgIpc) is 3.21. The second-order valence-corrected chi connectivity index (χ2v) is 8.20. The van der Waals surface area contributed by atoms with Gasteiger partial charge in [-0.05, 0) is 31.4 Å². The van der Waals surface area contributed by atoms with E-state index in [0.717, 1.165) is 24.8 Å². The van der Waals surface area contributed by atoms with Crippen LogP contribution in [0, 0.1) is 0 Å². The van der Waals surface area contributed by atoms with E-state index < -0.39 is 0 Å². The molecule has 1 unspecified atom stereocenters. The summed E-state index contributed by atoms with van der Waals surface area (Å²) in [6.07, 6.45) is 6.33. The minimum atomic E-state index is 0.122. The highest BCUT2D eigenvalue weighted by Crippen LogP contribution is 2.45. The molecule has 32 heavy (non-hydrogen) atoms. The first kappa shape index (κ1) is 22.4. The van der Waals surface area contributed by atoms with Crippen LogP contribution in [0.2, 0.25) is 10.0 Å². The first-order valence-electron chi connectivity index (χ1n) is 10.2. The summed E-state index contributed by atoms with van der Waals surface area (Å²) in [5.41, 5.74) is 8.05. The normalized spacial score (nSPS) is 17.8. The summed E-state index contributed by atoms with van der Waals surface area (Å²) in [4.78, 5) is 13.3. The SMILES string of the molecule is COc1cc(OC)c(Cl)c(Nc2ncccc2-c2cc(NC3CCC[C@@H]3N)ncn2)c1Cl. The molecule has 0 amide bonds. The van der Waals surface area contributed by atoms with Crippen LogP contribution in [0.4, 0.5) is 17.3 Å². The van der Waals surface area contributed by atoms with Gasteiger partial charge in [0.1, 0.15) is 39.5 Å². The first-order chi connectivity index (χ1) is 15.5. The number of hydrogen-bond acceptors (Lipinski definition) is 8. The maximum absolute atomic E-state index is 6.52. The van der Waals surface area contributed by atoms with E-state index in [1.165, 1.54) is 20.5 Å². The van der Waals surface area contributed by atoms with Gasteiger partial charge in [0, 0.05) is 36.0 Å². The number of ether oxygens (including phenoxy) is 2. The Bertz CT molecular complexity index is 1090. The third kappa shape index (κ3) is 4.53. The number of pyridine rings is 1. The van der Waals surface area contributed by atoms with Gasteiger partial charge in [-0.1, -0.05) is 23.2 Å². The molecule has 0 radical (unpaired) electrons. The standard InChI is InChI=1S/C22H24Cl2N6O2/c1-31-16-10-17(32-2)20(24)21(19(16)23)30-22-12(5-4-8-26-22)15-9-18(28-11-27-15)29-14-7-3-6-13(14)25/h4-5,8-11,13-14H,3,6-7,25H2,1-2H3,(H,26,30)(H,27,28,29)/t13-,14?/m0/s1. The molecular formula is C22H24Cl2N6O2. The Kier molecular flexibility index (Phi) is 6.83. The number of methoxy groups -OCH3 is 2. The van der Waals surface area contributed by atoms with Gasteiger partial charge in [-0.3, -0.25) is 0 Å². The highest BCUT2D eigenvalue weighted by molar-refractivity contribution is 6.41. The molecule has 1 saturated carbocycles. The van der Waals surface area contributed by atoms with Gasteiger partial charge in [-0.15, -0.1) is 0 Å². The molecule has 1 fully saturated rings. The molecule has 168 valence electrons. The summed E-state index contributed by atoms with van der Waals surface area (Å²) in [5.74, 6) is 2.09. The molecule has 2 aromatic heterocycles. The topological polar surface area (TPSA) is 107 Å². The maximum Gasteiger partial charge on any atom is 0.143 e. The largest absolute Gasteiger partial charge is 0.495 e. The molecule has 0 bridgehead atoms. The molecule has 4 rings (SSSR count). The van der Waals surface area contributed by atoms with E-state index in [0.29, 0.717) is 44.6 Å². The van der Waals surface area contributed by atoms with Crippen LogP contribution >= 0.6 is 23.2 Å². The Morgan fingerprint density at radius 1 is 1.03 bits per heavy atom. The molecule has 2 heterocycles. The van der Waals surface area contributed by atoms with Crippen LogP contribution in [0.5, 0.6) is 11.5 Å². The minimum absolute atomic E-state index is 0.122. The predicted molar refractivity (Wildman–Crippen MR) is 127 cm³/mol. The van der Waals surface area contributed by atoms with E-state index in [-0.39, 0.29) is 12.1 Å². The Balaban J connectivity index is 1.69. The van der Waals surface area contributed by atoms with E-state index in [4.69, 9.17) is 38.4 Å². The molecular weight excluding hydrogens is 451 g/mol. The second-order valence-electron chi connectivity index (χ2n) is 7.44. The highest BCUT2D eigenvalue weighted by Gasteiger charge is 2.24. The van der Waals surface area contributed by atoms with Crippen LogP contribution in [-0.2, 0) is 0 Å². The van der Waals surface area contributed by atoms with Gasteiger partial charge < -0.3 is 25.8 Å². The Hall–Kier alpha value is -2.81. The molecule has 4 N–H and O–H groups in total. The van der Waals surface area contributed by atoms with Crippen molar-refractivity contribution in [3.8, 4) is 22.8 Å². The summed E-state index contributed by atoms with van der Waals surface area (Å²) >= 11 is 13.0. The molecule has 3 aromatic rings. The number of anilines is 3. The molecule has 2 atom stereocenters. The molecule has 8 nitrogen and oxygen atoms in total. The lowest BCUT2D eigenvalue weighted by Crippen LogP contribution is -2.35. The number of halogens is 2. The van der Waals surface area contributed by atoms with Crippen molar-refractivity contribution in [2.75, 3.05) is 24.9 Å². The van der Waals surface area contributed by atoms with E-state index in [2.05, 4.69) is 25.6 Å². The van der Waals surface area contributed by atoms with Crippen LogP contribution < -0.4 is 25.8 Å². The van der Waals surface area contributed by atoms with Crippen LogP contribution in [-0.4, -0.2) is 41.3 Å². The monoisotopic (exact) mass is 474 g/mol. The van der Waals surface area contributed by atoms with Crippen molar-refractivity contribution in [2.24, 2.45) is 5.73 Å². The number of nitrogens with one attached hydrogen (secondary N) is 2. The first-order valence-corrected chi connectivity index (χ1v) is 10.9. The fraction of sp³-hybridized carbons (Fsp3) is 0.318. The minimum Gasteiger partial charge on any atom is -0.495 e. The zero-order valence-electron chi connectivity index (χ0n) is 17.7. The van der Waals surface area contributed by atoms with E-state index in [1.54, 1.807) is 12.3 Å². The van der Waals surface area contributed by atoms with Gasteiger partial charge in [0.05, 0.1) is 25.6 Å². The number of nitrogens with zero attached hydrogens (tertiary/aromatic N) is 3. The number of nitrogens with two attached hydrogens (primary N) is 1. The van der Waals surface area contributed by atoms with Crippen molar-refractivity contribution in [1.82, 2.24) is 15.0 Å². The van der Waals surface area contributed by atoms with Gasteiger partial charge in [0.15, 0.2) is 0 Å². The molecule has 10 heteroatoms. The van der Waals surface area contributed by atoms with Crippen LogP contribution in [0.15, 0.2) is 36.8 Å². The zero-order valence-corrected chi connectivity index (χ0v) is 19.2. The maximum atomic E-state index is 6.52. The highest BCUT2D eigenvalue weighted by atomic mass is 35.5. The van der Waals surface area contributed by atoms with E-state index in [9.17, 15) is 0 Å². The van der Waals surface area contributed by atoms with Gasteiger partial charge in [-0.25, -0.2) is 15.0 Å². The average molecular weight is 475 g/mol. The summed E-state index contributed by atoms with van der Waals surface area (Å²) < 4.78 is 10.7. The fourth-order valence-electron chi connectivity index (χ4n) is 3.77. The van der Waals surface area contributed by atoms with E-state index in [1.807, 2.05) is 18.2 Å². The van der Waals surface area contributed by atoms with Crippen molar-refractivity contribution in [2.45, 2.75) is 31.3 Å². The summed E-state index contributed by atoms with van der Waals surface area (Å²) in [5, 5.41) is 7.28. The molecule has 0 spiro atoms. The summed E-state index contributed by atoms with van der Waals surface area (Å²) in [6.45, 7) is 0. The Morgan fingerprint density at radius 2 is 1.78 bits per heavy atom. The summed E-state index contributed by atoms with van der Waals surface area (Å²) in [6, 6.07) is 7.57. The smallest absolute Gasteiger partial charge is 0.143 e. The Labute approximate surface area is 196 Å².